The molecule has 1 saturated heterocycles. The molecule has 1 aliphatic rings. The van der Waals surface area contributed by atoms with E-state index < -0.39 is 16.9 Å². The van der Waals surface area contributed by atoms with Crippen molar-refractivity contribution in [3.8, 4) is 5.75 Å². The van der Waals surface area contributed by atoms with Gasteiger partial charge in [0, 0.05) is 6.54 Å². The van der Waals surface area contributed by atoms with Crippen molar-refractivity contribution in [1.82, 2.24) is 4.90 Å². The number of nitro groups is 1. The second-order valence-corrected chi connectivity index (χ2v) is 4.90. The average Bonchev–Trinajstić information content (AvgIpc) is 2.78. The average molecular weight is 307 g/mol. The fraction of sp³-hybridized carbons (Fsp3) is 0.429. The zero-order chi connectivity index (χ0) is 16.3. The summed E-state index contributed by atoms with van der Waals surface area (Å²) in [4.78, 5) is 37.3. The molecule has 0 N–H and O–H groups in total. The van der Waals surface area contributed by atoms with E-state index in [9.17, 15) is 19.7 Å². The van der Waals surface area contributed by atoms with Gasteiger partial charge in [0.05, 0.1) is 18.1 Å². The van der Waals surface area contributed by atoms with E-state index in [4.69, 9.17) is 4.74 Å². The van der Waals surface area contributed by atoms with Gasteiger partial charge in [0.2, 0.25) is 0 Å². The highest BCUT2D eigenvalue weighted by molar-refractivity contribution is 6.20. The summed E-state index contributed by atoms with van der Waals surface area (Å²) in [6.07, 6.45) is 1.66. The predicted molar refractivity (Wildman–Crippen MR) is 79.0 cm³/mol. The van der Waals surface area contributed by atoms with Crippen LogP contribution < -0.4 is 9.64 Å². The Labute approximate surface area is 127 Å². The molecule has 0 saturated carbocycles. The number of nitrogens with zero attached hydrogens (tertiary/aromatic N) is 3. The van der Waals surface area contributed by atoms with Gasteiger partial charge in [0.15, 0.2) is 0 Å². The highest BCUT2D eigenvalue weighted by Crippen LogP contribution is 2.34. The first-order valence-electron chi connectivity index (χ1n) is 6.93. The summed E-state index contributed by atoms with van der Waals surface area (Å²) in [6, 6.07) is 3.52. The molecule has 1 fully saturated rings. The molecule has 0 aromatic heterocycles. The smallest absolute Gasteiger partial charge is 0.332 e. The van der Waals surface area contributed by atoms with E-state index in [1.807, 2.05) is 6.92 Å². The lowest BCUT2D eigenvalue weighted by molar-refractivity contribution is -0.384. The molecule has 1 aliphatic heterocycles. The summed E-state index contributed by atoms with van der Waals surface area (Å²) >= 11 is 0. The lowest BCUT2D eigenvalue weighted by Gasteiger charge is -2.17. The van der Waals surface area contributed by atoms with E-state index in [1.165, 1.54) is 30.2 Å². The lowest BCUT2D eigenvalue weighted by atomic mass is 10.2. The number of benzene rings is 1. The summed E-state index contributed by atoms with van der Waals surface area (Å²) < 4.78 is 4.95. The number of imide groups is 1. The zero-order valence-corrected chi connectivity index (χ0v) is 12.4. The van der Waals surface area contributed by atoms with E-state index in [-0.39, 0.29) is 23.7 Å². The van der Waals surface area contributed by atoms with Crippen molar-refractivity contribution in [2.75, 3.05) is 25.1 Å². The highest BCUT2D eigenvalue weighted by atomic mass is 16.6. The van der Waals surface area contributed by atoms with Gasteiger partial charge in [0.25, 0.3) is 11.6 Å². The summed E-state index contributed by atoms with van der Waals surface area (Å²) in [5, 5.41) is 11.2. The molecule has 22 heavy (non-hydrogen) atoms. The number of carbonyl (C=O) groups excluding carboxylic acids is 2. The minimum atomic E-state index is -0.632. The first-order valence-corrected chi connectivity index (χ1v) is 6.93. The number of hydrogen-bond donors (Lipinski definition) is 0. The molecule has 8 nitrogen and oxygen atoms in total. The Morgan fingerprint density at radius 2 is 2.09 bits per heavy atom. The van der Waals surface area contributed by atoms with Crippen LogP contribution in [0.1, 0.15) is 19.8 Å². The summed E-state index contributed by atoms with van der Waals surface area (Å²) in [5.74, 6) is -0.174. The maximum atomic E-state index is 12.3. The van der Waals surface area contributed by atoms with Crippen LogP contribution in [0.5, 0.6) is 5.75 Å². The van der Waals surface area contributed by atoms with Gasteiger partial charge in [-0.15, -0.1) is 0 Å². The molecule has 1 heterocycles. The standard InChI is InChI=1S/C14H17N3O5/c1-3-4-7-15-9-13(18)16(14(15)19)11-6-5-10(22-2)8-12(11)17(20)21/h5-6,8H,3-4,7,9H2,1-2H3. The van der Waals surface area contributed by atoms with Gasteiger partial charge in [0.1, 0.15) is 18.0 Å². The third-order valence-electron chi connectivity index (χ3n) is 3.44. The van der Waals surface area contributed by atoms with E-state index in [0.29, 0.717) is 6.54 Å². The van der Waals surface area contributed by atoms with Gasteiger partial charge < -0.3 is 9.64 Å². The number of carbonyl (C=O) groups is 2. The molecule has 0 bridgehead atoms. The number of nitro benzene ring substituents is 1. The minimum Gasteiger partial charge on any atom is -0.496 e. The Bertz CT molecular complexity index is 616. The van der Waals surface area contributed by atoms with Gasteiger partial charge in [-0.25, -0.2) is 9.69 Å². The van der Waals surface area contributed by atoms with E-state index in [1.54, 1.807) is 0 Å². The van der Waals surface area contributed by atoms with E-state index in [0.717, 1.165) is 17.7 Å². The molecule has 2 rings (SSSR count). The molecular weight excluding hydrogens is 290 g/mol. The Morgan fingerprint density at radius 3 is 2.68 bits per heavy atom. The predicted octanol–water partition coefficient (Wildman–Crippen LogP) is 2.17. The summed E-state index contributed by atoms with van der Waals surface area (Å²) in [6.45, 7) is 2.39. The topological polar surface area (TPSA) is 93.0 Å². The lowest BCUT2D eigenvalue weighted by Crippen LogP contribution is -2.33. The number of anilines is 1. The van der Waals surface area contributed by atoms with Gasteiger partial charge in [-0.05, 0) is 18.6 Å². The van der Waals surface area contributed by atoms with Crippen molar-refractivity contribution in [3.05, 3.63) is 28.3 Å². The van der Waals surface area contributed by atoms with Crippen LogP contribution in [0.15, 0.2) is 18.2 Å². The molecule has 1 aromatic rings. The number of ether oxygens (including phenoxy) is 1. The SMILES string of the molecule is CCCCN1CC(=O)N(c2ccc(OC)cc2[N+](=O)[O-])C1=O. The van der Waals surface area contributed by atoms with Crippen molar-refractivity contribution in [2.24, 2.45) is 0 Å². The monoisotopic (exact) mass is 307 g/mol. The quantitative estimate of drug-likeness (QED) is 0.456. The third-order valence-corrected chi connectivity index (χ3v) is 3.44. The molecule has 0 spiro atoms. The van der Waals surface area contributed by atoms with Crippen molar-refractivity contribution < 1.29 is 19.2 Å². The number of hydrogen-bond acceptors (Lipinski definition) is 5. The number of unbranched alkanes of at least 4 members (excludes halogenated alkanes) is 1. The number of urea groups is 1. The fourth-order valence-corrected chi connectivity index (χ4v) is 2.28. The second-order valence-electron chi connectivity index (χ2n) is 4.90. The Kier molecular flexibility index (Phi) is 4.59. The Balaban J connectivity index is 2.37. The Hall–Kier alpha value is -2.64. The second kappa shape index (κ2) is 6.42. The van der Waals surface area contributed by atoms with Crippen molar-refractivity contribution >= 4 is 23.3 Å². The van der Waals surface area contributed by atoms with Gasteiger partial charge in [-0.1, -0.05) is 13.3 Å². The maximum absolute atomic E-state index is 12.3. The molecule has 3 amide bonds. The molecule has 1 aromatic carbocycles. The van der Waals surface area contributed by atoms with Gasteiger partial charge in [-0.2, -0.15) is 0 Å². The van der Waals surface area contributed by atoms with Crippen molar-refractivity contribution in [3.63, 3.8) is 0 Å². The number of rotatable bonds is 6. The summed E-state index contributed by atoms with van der Waals surface area (Å²) in [7, 11) is 1.39. The number of amides is 3. The maximum Gasteiger partial charge on any atom is 0.332 e. The normalized spacial score (nSPS) is 14.6. The third kappa shape index (κ3) is 2.85. The van der Waals surface area contributed by atoms with Crippen LogP contribution in [-0.4, -0.2) is 42.0 Å². The molecule has 0 unspecified atom stereocenters. The van der Waals surface area contributed by atoms with Crippen LogP contribution in [0.2, 0.25) is 0 Å². The van der Waals surface area contributed by atoms with Crippen LogP contribution in [0.25, 0.3) is 0 Å². The number of methoxy groups -OCH3 is 1. The molecule has 0 radical (unpaired) electrons. The van der Waals surface area contributed by atoms with E-state index in [2.05, 4.69) is 0 Å². The minimum absolute atomic E-state index is 0.0280. The largest absolute Gasteiger partial charge is 0.496 e. The fourth-order valence-electron chi connectivity index (χ4n) is 2.28. The van der Waals surface area contributed by atoms with E-state index >= 15 is 0 Å². The van der Waals surface area contributed by atoms with Crippen LogP contribution in [0.4, 0.5) is 16.2 Å². The molecule has 0 atom stereocenters. The van der Waals surface area contributed by atoms with Gasteiger partial charge >= 0.3 is 6.03 Å². The highest BCUT2D eigenvalue weighted by Gasteiger charge is 2.39. The van der Waals surface area contributed by atoms with Crippen molar-refractivity contribution in [2.45, 2.75) is 19.8 Å². The molecular formula is C14H17N3O5. The van der Waals surface area contributed by atoms with Crippen LogP contribution in [0, 0.1) is 10.1 Å². The first-order chi connectivity index (χ1) is 10.5. The first kappa shape index (κ1) is 15.7. The van der Waals surface area contributed by atoms with Crippen LogP contribution in [0.3, 0.4) is 0 Å². The van der Waals surface area contributed by atoms with Gasteiger partial charge in [-0.3, -0.25) is 14.9 Å². The van der Waals surface area contributed by atoms with Crippen LogP contribution >= 0.6 is 0 Å². The Morgan fingerprint density at radius 1 is 1.36 bits per heavy atom. The summed E-state index contributed by atoms with van der Waals surface area (Å²) in [5.41, 5.74) is -0.363. The molecule has 118 valence electrons. The molecule has 8 heteroatoms. The van der Waals surface area contributed by atoms with Crippen molar-refractivity contribution in [1.29, 1.82) is 0 Å². The molecule has 0 aliphatic carbocycles. The zero-order valence-electron chi connectivity index (χ0n) is 12.4. The van der Waals surface area contributed by atoms with Crippen LogP contribution in [-0.2, 0) is 4.79 Å².